The highest BCUT2D eigenvalue weighted by Gasteiger charge is 2.40. The topological polar surface area (TPSA) is 54.4 Å². The number of rotatable bonds is 2. The van der Waals surface area contributed by atoms with Gasteiger partial charge in [-0.25, -0.2) is 4.79 Å². The van der Waals surface area contributed by atoms with Crippen LogP contribution < -0.4 is 0 Å². The molecule has 0 aromatic heterocycles. The molecule has 0 heterocycles. The van der Waals surface area contributed by atoms with Gasteiger partial charge < -0.3 is 5.11 Å². The van der Waals surface area contributed by atoms with Gasteiger partial charge in [-0.05, 0) is 17.7 Å². The molecule has 1 aliphatic rings. The average Bonchev–Trinajstić information content (AvgIpc) is 2.16. The third-order valence-electron chi connectivity index (χ3n) is 3.00. The largest absolute Gasteiger partial charge is 0.478 e. The summed E-state index contributed by atoms with van der Waals surface area (Å²) < 4.78 is 0. The molecule has 78 valence electrons. The lowest BCUT2D eigenvalue weighted by molar-refractivity contribution is -0.127. The van der Waals surface area contributed by atoms with Gasteiger partial charge in [0.1, 0.15) is 5.78 Å². The fourth-order valence-electron chi connectivity index (χ4n) is 2.04. The predicted octanol–water partition coefficient (Wildman–Crippen LogP) is 2.01. The molecule has 0 amide bonds. The van der Waals surface area contributed by atoms with Crippen molar-refractivity contribution in [3.8, 4) is 0 Å². The van der Waals surface area contributed by atoms with Gasteiger partial charge in [0, 0.05) is 18.3 Å². The molecule has 0 unspecified atom stereocenters. The average molecular weight is 204 g/mol. The van der Waals surface area contributed by atoms with Crippen molar-refractivity contribution < 1.29 is 14.7 Å². The molecule has 0 bridgehead atoms. The fraction of sp³-hybridized carbons (Fsp3) is 0.333. The van der Waals surface area contributed by atoms with E-state index in [2.05, 4.69) is 0 Å². The van der Waals surface area contributed by atoms with E-state index in [0.29, 0.717) is 12.8 Å². The van der Waals surface area contributed by atoms with Crippen LogP contribution in [-0.2, 0) is 10.2 Å². The maximum Gasteiger partial charge on any atom is 0.335 e. The van der Waals surface area contributed by atoms with Gasteiger partial charge in [0.2, 0.25) is 0 Å². The molecule has 1 N–H and O–H groups in total. The molecule has 0 radical (unpaired) electrons. The lowest BCUT2D eigenvalue weighted by Crippen LogP contribution is -2.38. The molecule has 0 saturated heterocycles. The molecule has 0 atom stereocenters. The zero-order chi connectivity index (χ0) is 11.1. The van der Waals surface area contributed by atoms with Crippen LogP contribution in [0.5, 0.6) is 0 Å². The predicted molar refractivity (Wildman–Crippen MR) is 55.0 cm³/mol. The molecule has 15 heavy (non-hydrogen) atoms. The number of Topliss-reactive ketones (excluding diaryl/α,β-unsaturated/α-hetero) is 1. The first-order valence-corrected chi connectivity index (χ1v) is 4.87. The molecule has 3 nitrogen and oxygen atoms in total. The summed E-state index contributed by atoms with van der Waals surface area (Å²) in [5.74, 6) is -0.642. The van der Waals surface area contributed by atoms with Gasteiger partial charge in [-0.1, -0.05) is 19.1 Å². The number of carbonyl (C=O) groups is 2. The number of carboxylic acid groups (broad SMARTS) is 1. The molecular formula is C12H12O3. The second-order valence-corrected chi connectivity index (χ2v) is 4.34. The summed E-state index contributed by atoms with van der Waals surface area (Å²) in [5, 5.41) is 8.74. The molecule has 0 aliphatic heterocycles. The van der Waals surface area contributed by atoms with E-state index in [1.165, 1.54) is 0 Å². The highest BCUT2D eigenvalue weighted by atomic mass is 16.4. The minimum Gasteiger partial charge on any atom is -0.478 e. The van der Waals surface area contributed by atoms with E-state index >= 15 is 0 Å². The SMILES string of the molecule is CC1(c2ccc(C(=O)O)cc2)CC(=O)C1. The van der Waals surface area contributed by atoms with Crippen LogP contribution in [0.25, 0.3) is 0 Å². The van der Waals surface area contributed by atoms with Crippen LogP contribution in [0, 0.1) is 0 Å². The van der Waals surface area contributed by atoms with Crippen LogP contribution in [0.4, 0.5) is 0 Å². The van der Waals surface area contributed by atoms with Gasteiger partial charge in [0.25, 0.3) is 0 Å². The first-order chi connectivity index (χ1) is 7.01. The second kappa shape index (κ2) is 3.19. The Labute approximate surface area is 87.7 Å². The lowest BCUT2D eigenvalue weighted by atomic mass is 9.65. The molecular weight excluding hydrogens is 192 g/mol. The van der Waals surface area contributed by atoms with Crippen LogP contribution in [0.15, 0.2) is 24.3 Å². The van der Waals surface area contributed by atoms with Crippen molar-refractivity contribution in [2.45, 2.75) is 25.2 Å². The van der Waals surface area contributed by atoms with E-state index in [-0.39, 0.29) is 16.8 Å². The monoisotopic (exact) mass is 204 g/mol. The van der Waals surface area contributed by atoms with Crippen molar-refractivity contribution in [2.24, 2.45) is 0 Å². The van der Waals surface area contributed by atoms with Gasteiger partial charge >= 0.3 is 5.97 Å². The molecule has 1 aromatic rings. The molecule has 0 spiro atoms. The first kappa shape index (κ1) is 9.90. The summed E-state index contributed by atoms with van der Waals surface area (Å²) in [7, 11) is 0. The van der Waals surface area contributed by atoms with E-state index in [0.717, 1.165) is 5.56 Å². The lowest BCUT2D eigenvalue weighted by Gasteiger charge is -2.37. The third kappa shape index (κ3) is 1.65. The number of hydrogen-bond acceptors (Lipinski definition) is 2. The van der Waals surface area contributed by atoms with E-state index in [1.54, 1.807) is 24.3 Å². The Hall–Kier alpha value is -1.64. The van der Waals surface area contributed by atoms with Crippen molar-refractivity contribution in [1.29, 1.82) is 0 Å². The third-order valence-corrected chi connectivity index (χ3v) is 3.00. The second-order valence-electron chi connectivity index (χ2n) is 4.34. The molecule has 2 rings (SSSR count). The van der Waals surface area contributed by atoms with Gasteiger partial charge in [0.15, 0.2) is 0 Å². The van der Waals surface area contributed by atoms with E-state index in [4.69, 9.17) is 5.11 Å². The highest BCUT2D eigenvalue weighted by Crippen LogP contribution is 2.40. The molecule has 1 fully saturated rings. The van der Waals surface area contributed by atoms with E-state index in [9.17, 15) is 9.59 Å². The smallest absolute Gasteiger partial charge is 0.335 e. The first-order valence-electron chi connectivity index (χ1n) is 4.87. The van der Waals surface area contributed by atoms with E-state index < -0.39 is 5.97 Å². The summed E-state index contributed by atoms with van der Waals surface area (Å²) in [6.45, 7) is 2.03. The van der Waals surface area contributed by atoms with Crippen molar-refractivity contribution in [3.05, 3.63) is 35.4 Å². The standard InChI is InChI=1S/C12H12O3/c1-12(6-10(13)7-12)9-4-2-8(3-5-9)11(14)15/h2-5H,6-7H2,1H3,(H,14,15). The van der Waals surface area contributed by atoms with Gasteiger partial charge in [-0.2, -0.15) is 0 Å². The Morgan fingerprint density at radius 1 is 1.27 bits per heavy atom. The van der Waals surface area contributed by atoms with Crippen LogP contribution in [0.3, 0.4) is 0 Å². The highest BCUT2D eigenvalue weighted by molar-refractivity contribution is 5.89. The number of benzene rings is 1. The quantitative estimate of drug-likeness (QED) is 0.801. The Kier molecular flexibility index (Phi) is 2.11. The van der Waals surface area contributed by atoms with Crippen molar-refractivity contribution in [2.75, 3.05) is 0 Å². The zero-order valence-corrected chi connectivity index (χ0v) is 8.49. The minimum absolute atomic E-state index is 0.0753. The maximum atomic E-state index is 11.0. The van der Waals surface area contributed by atoms with Crippen molar-refractivity contribution in [3.63, 3.8) is 0 Å². The van der Waals surface area contributed by atoms with Crippen molar-refractivity contribution in [1.82, 2.24) is 0 Å². The normalized spacial score (nSPS) is 18.3. The molecule has 1 aromatic carbocycles. The van der Waals surface area contributed by atoms with E-state index in [1.807, 2.05) is 6.92 Å². The molecule has 1 aliphatic carbocycles. The van der Waals surface area contributed by atoms with Crippen LogP contribution in [0.2, 0.25) is 0 Å². The summed E-state index contributed by atoms with van der Waals surface area (Å²) in [6, 6.07) is 6.78. The molecule has 1 saturated carbocycles. The maximum absolute atomic E-state index is 11.0. The Morgan fingerprint density at radius 2 is 1.80 bits per heavy atom. The Bertz CT molecular complexity index is 409. The summed E-state index contributed by atoms with van der Waals surface area (Å²) in [5.41, 5.74) is 1.26. The number of aromatic carboxylic acids is 1. The number of hydrogen-bond donors (Lipinski definition) is 1. The Balaban J connectivity index is 2.24. The van der Waals surface area contributed by atoms with Gasteiger partial charge in [0.05, 0.1) is 5.56 Å². The number of carboxylic acids is 1. The number of carbonyl (C=O) groups excluding carboxylic acids is 1. The van der Waals surface area contributed by atoms with Crippen LogP contribution in [-0.4, -0.2) is 16.9 Å². The minimum atomic E-state index is -0.920. The fourth-order valence-corrected chi connectivity index (χ4v) is 2.04. The van der Waals surface area contributed by atoms with Crippen molar-refractivity contribution >= 4 is 11.8 Å². The number of ketones is 1. The Morgan fingerprint density at radius 3 is 2.20 bits per heavy atom. The zero-order valence-electron chi connectivity index (χ0n) is 8.49. The summed E-state index contributed by atoms with van der Waals surface area (Å²) in [6.07, 6.45) is 1.14. The summed E-state index contributed by atoms with van der Waals surface area (Å²) in [4.78, 5) is 21.6. The van der Waals surface area contributed by atoms with Gasteiger partial charge in [-0.3, -0.25) is 4.79 Å². The van der Waals surface area contributed by atoms with Crippen LogP contribution in [0.1, 0.15) is 35.7 Å². The van der Waals surface area contributed by atoms with Crippen LogP contribution >= 0.6 is 0 Å². The molecule has 3 heteroatoms. The summed E-state index contributed by atoms with van der Waals surface area (Å²) >= 11 is 0. The van der Waals surface area contributed by atoms with Gasteiger partial charge in [-0.15, -0.1) is 0 Å².